The van der Waals surface area contributed by atoms with Crippen LogP contribution in [-0.2, 0) is 0 Å². The number of halogens is 2. The lowest BCUT2D eigenvalue weighted by Crippen LogP contribution is -2.06. The summed E-state index contributed by atoms with van der Waals surface area (Å²) in [6.07, 6.45) is 18.0. The summed E-state index contributed by atoms with van der Waals surface area (Å²) in [6, 6.07) is 7.94. The zero-order chi connectivity index (χ0) is 31.6. The van der Waals surface area contributed by atoms with Gasteiger partial charge in [-0.2, -0.15) is 0 Å². The van der Waals surface area contributed by atoms with Crippen LogP contribution in [0.25, 0.3) is 21.5 Å². The molecule has 3 rings (SSSR count). The number of unbranched alkanes of at least 4 members (excludes halogenated alkanes) is 12. The lowest BCUT2D eigenvalue weighted by atomic mass is 9.98. The second kappa shape index (κ2) is 20.9. The topological polar surface area (TPSA) is 36.9 Å². The van der Waals surface area contributed by atoms with Crippen molar-refractivity contribution < 1.29 is 18.9 Å². The molecular formula is C38H56Cl2O4. The highest BCUT2D eigenvalue weighted by Crippen LogP contribution is 2.53. The predicted molar refractivity (Wildman–Crippen MR) is 190 cm³/mol. The molecule has 3 aromatic rings. The summed E-state index contributed by atoms with van der Waals surface area (Å²) in [6.45, 7) is 11.4. The molecule has 0 spiro atoms. The van der Waals surface area contributed by atoms with E-state index >= 15 is 0 Å². The van der Waals surface area contributed by atoms with Crippen molar-refractivity contribution in [1.82, 2.24) is 0 Å². The minimum absolute atomic E-state index is 0.477. The van der Waals surface area contributed by atoms with Crippen molar-refractivity contribution in [3.8, 4) is 23.0 Å². The lowest BCUT2D eigenvalue weighted by molar-refractivity contribution is 0.291. The summed E-state index contributed by atoms with van der Waals surface area (Å²) < 4.78 is 26.4. The molecule has 0 unspecified atom stereocenters. The van der Waals surface area contributed by atoms with Crippen molar-refractivity contribution in [3.05, 3.63) is 34.3 Å². The van der Waals surface area contributed by atoms with Crippen LogP contribution in [0.5, 0.6) is 23.0 Å². The highest BCUT2D eigenvalue weighted by atomic mass is 35.5. The van der Waals surface area contributed by atoms with E-state index in [1.165, 1.54) is 51.4 Å². The summed E-state index contributed by atoms with van der Waals surface area (Å²) in [5.41, 5.74) is 0. The fourth-order valence-corrected chi connectivity index (χ4v) is 6.01. The first-order chi connectivity index (χ1) is 21.6. The predicted octanol–water partition coefficient (Wildman–Crippen LogP) is 13.1. The van der Waals surface area contributed by atoms with Gasteiger partial charge in [-0.05, 0) is 49.9 Å². The molecule has 44 heavy (non-hydrogen) atoms. The third-order valence-electron chi connectivity index (χ3n) is 8.15. The van der Waals surface area contributed by atoms with Crippen LogP contribution in [0, 0.1) is 0 Å². The van der Waals surface area contributed by atoms with E-state index in [4.69, 9.17) is 42.1 Å². The Hall–Kier alpha value is -2.04. The molecule has 0 saturated carbocycles. The maximum absolute atomic E-state index is 7.01. The molecule has 0 heterocycles. The number of ether oxygens (including phenoxy) is 4. The van der Waals surface area contributed by atoms with Gasteiger partial charge in [-0.1, -0.05) is 128 Å². The molecule has 0 amide bonds. The number of benzene rings is 3. The van der Waals surface area contributed by atoms with Crippen LogP contribution >= 0.6 is 23.2 Å². The maximum atomic E-state index is 7.01. The summed E-state index contributed by atoms with van der Waals surface area (Å²) in [5.74, 6) is 3.04. The lowest BCUT2D eigenvalue weighted by Gasteiger charge is -2.23. The summed E-state index contributed by atoms with van der Waals surface area (Å²) in [5, 5.41) is 4.40. The number of rotatable bonds is 24. The van der Waals surface area contributed by atoms with Gasteiger partial charge in [-0.3, -0.25) is 0 Å². The van der Waals surface area contributed by atoms with Crippen molar-refractivity contribution >= 4 is 44.7 Å². The number of hydrogen-bond acceptors (Lipinski definition) is 4. The van der Waals surface area contributed by atoms with Gasteiger partial charge in [0.25, 0.3) is 0 Å². The fourth-order valence-electron chi connectivity index (χ4n) is 5.60. The summed E-state index contributed by atoms with van der Waals surface area (Å²) in [4.78, 5) is 0. The first kappa shape index (κ1) is 36.4. The zero-order valence-corrected chi connectivity index (χ0v) is 29.4. The first-order valence-electron chi connectivity index (χ1n) is 17.5. The maximum Gasteiger partial charge on any atom is 0.140 e. The van der Waals surface area contributed by atoms with Crippen LogP contribution < -0.4 is 18.9 Å². The quantitative estimate of drug-likeness (QED) is 0.0716. The van der Waals surface area contributed by atoms with E-state index in [-0.39, 0.29) is 0 Å². The monoisotopic (exact) mass is 646 g/mol. The van der Waals surface area contributed by atoms with Crippen LogP contribution in [0.1, 0.15) is 130 Å². The van der Waals surface area contributed by atoms with Gasteiger partial charge >= 0.3 is 0 Å². The SMILES string of the molecule is CCCCCCOc1ccc(OCCCCCC)c2c(OCCCCCC)c3c(Cl)c(Cl)ccc3c(OCCCCCC)c12. The summed E-state index contributed by atoms with van der Waals surface area (Å²) in [7, 11) is 0. The van der Waals surface area contributed by atoms with Crippen LogP contribution in [0.2, 0.25) is 10.0 Å². The highest BCUT2D eigenvalue weighted by Gasteiger charge is 2.26. The van der Waals surface area contributed by atoms with Gasteiger partial charge in [0, 0.05) is 10.8 Å². The van der Waals surface area contributed by atoms with Crippen LogP contribution in [0.15, 0.2) is 24.3 Å². The molecule has 0 radical (unpaired) electrons. The highest BCUT2D eigenvalue weighted by molar-refractivity contribution is 6.46. The van der Waals surface area contributed by atoms with Crippen LogP contribution in [-0.4, -0.2) is 26.4 Å². The Bertz CT molecular complexity index is 1260. The largest absolute Gasteiger partial charge is 0.493 e. The molecule has 0 aliphatic heterocycles. The minimum Gasteiger partial charge on any atom is -0.493 e. The molecule has 0 N–H and O–H groups in total. The molecule has 0 aliphatic carbocycles. The molecule has 0 bridgehead atoms. The van der Waals surface area contributed by atoms with Crippen molar-refractivity contribution in [1.29, 1.82) is 0 Å². The van der Waals surface area contributed by atoms with E-state index in [2.05, 4.69) is 27.7 Å². The second-order valence-corrected chi connectivity index (χ2v) is 12.7. The Kier molecular flexibility index (Phi) is 17.3. The first-order valence-corrected chi connectivity index (χ1v) is 18.3. The van der Waals surface area contributed by atoms with Crippen LogP contribution in [0.3, 0.4) is 0 Å². The average Bonchev–Trinajstić information content (AvgIpc) is 3.03. The van der Waals surface area contributed by atoms with Gasteiger partial charge in [0.2, 0.25) is 0 Å². The van der Waals surface area contributed by atoms with Gasteiger partial charge in [-0.15, -0.1) is 0 Å². The molecule has 0 atom stereocenters. The molecule has 246 valence electrons. The molecule has 3 aromatic carbocycles. The van der Waals surface area contributed by atoms with E-state index in [1.54, 1.807) is 0 Å². The van der Waals surface area contributed by atoms with Crippen molar-refractivity contribution in [2.75, 3.05) is 26.4 Å². The van der Waals surface area contributed by atoms with E-state index < -0.39 is 0 Å². The van der Waals surface area contributed by atoms with Crippen molar-refractivity contribution in [2.24, 2.45) is 0 Å². The minimum atomic E-state index is 0.477. The zero-order valence-electron chi connectivity index (χ0n) is 27.8. The Morgan fingerprint density at radius 2 is 0.841 bits per heavy atom. The van der Waals surface area contributed by atoms with Gasteiger partial charge < -0.3 is 18.9 Å². The van der Waals surface area contributed by atoms with Crippen molar-refractivity contribution in [2.45, 2.75) is 130 Å². The van der Waals surface area contributed by atoms with Gasteiger partial charge in [0.15, 0.2) is 0 Å². The van der Waals surface area contributed by atoms with E-state index in [0.29, 0.717) is 42.2 Å². The average molecular weight is 648 g/mol. The molecule has 4 nitrogen and oxygen atoms in total. The normalized spacial score (nSPS) is 11.4. The third kappa shape index (κ3) is 10.5. The molecule has 0 aromatic heterocycles. The Labute approximate surface area is 277 Å². The second-order valence-electron chi connectivity index (χ2n) is 11.9. The third-order valence-corrected chi connectivity index (χ3v) is 8.95. The van der Waals surface area contributed by atoms with Crippen LogP contribution in [0.4, 0.5) is 0 Å². The van der Waals surface area contributed by atoms with E-state index in [0.717, 1.165) is 90.2 Å². The Balaban J connectivity index is 2.21. The summed E-state index contributed by atoms with van der Waals surface area (Å²) >= 11 is 13.7. The Morgan fingerprint density at radius 1 is 0.432 bits per heavy atom. The molecule has 6 heteroatoms. The van der Waals surface area contributed by atoms with Gasteiger partial charge in [-0.25, -0.2) is 0 Å². The molecule has 0 aliphatic rings. The molecular weight excluding hydrogens is 591 g/mol. The van der Waals surface area contributed by atoms with E-state index in [1.807, 2.05) is 24.3 Å². The smallest absolute Gasteiger partial charge is 0.140 e. The number of hydrogen-bond donors (Lipinski definition) is 0. The number of fused-ring (bicyclic) bond motifs is 2. The standard InChI is InChI=1S/C38H56Cl2O4/c1-5-9-13-17-25-41-31-23-24-32(42-26-18-14-10-6-2)35-34(31)37(43-27-19-15-11-7-3)29-21-22-30(39)36(40)33(29)38(35)44-28-20-16-12-8-4/h21-24H,5-20,25-28H2,1-4H3. The van der Waals surface area contributed by atoms with Gasteiger partial charge in [0.05, 0.1) is 47.2 Å². The van der Waals surface area contributed by atoms with Crippen molar-refractivity contribution in [3.63, 3.8) is 0 Å². The Morgan fingerprint density at radius 3 is 1.30 bits per heavy atom. The molecule has 0 fully saturated rings. The molecule has 0 saturated heterocycles. The fraction of sp³-hybridized carbons (Fsp3) is 0.632. The van der Waals surface area contributed by atoms with Gasteiger partial charge in [0.1, 0.15) is 23.0 Å². The van der Waals surface area contributed by atoms with E-state index in [9.17, 15) is 0 Å².